The van der Waals surface area contributed by atoms with Crippen molar-refractivity contribution in [1.82, 2.24) is 9.97 Å². The monoisotopic (exact) mass is 354 g/mol. The molecule has 2 rings (SSSR count). The zero-order chi connectivity index (χ0) is 14.8. The fourth-order valence-electron chi connectivity index (χ4n) is 1.69. The van der Waals surface area contributed by atoms with Crippen molar-refractivity contribution in [1.29, 1.82) is 0 Å². The first-order valence-electron chi connectivity index (χ1n) is 6.28. The van der Waals surface area contributed by atoms with Crippen molar-refractivity contribution in [2.45, 2.75) is 32.8 Å². The first kappa shape index (κ1) is 15.3. The molecule has 2 aromatic rings. The number of ether oxygens (including phenoxy) is 1. The highest BCUT2D eigenvalue weighted by molar-refractivity contribution is 9.10. The van der Waals surface area contributed by atoms with Crippen LogP contribution >= 0.6 is 27.5 Å². The molecule has 0 fully saturated rings. The second-order valence-corrected chi connectivity index (χ2v) is 6.60. The van der Waals surface area contributed by atoms with E-state index in [1.54, 1.807) is 0 Å². The second-order valence-electron chi connectivity index (χ2n) is 5.44. The maximum atomic E-state index is 6.15. The first-order valence-corrected chi connectivity index (χ1v) is 7.45. The molecule has 106 valence electrons. The molecule has 0 bridgehead atoms. The third kappa shape index (κ3) is 3.70. The number of benzene rings is 1. The van der Waals surface area contributed by atoms with Crippen molar-refractivity contribution >= 4 is 27.5 Å². The summed E-state index contributed by atoms with van der Waals surface area (Å²) in [5.41, 5.74) is 0.761. The number of halogens is 2. The molecule has 1 heterocycles. The number of hydrogen-bond acceptors (Lipinski definition) is 3. The van der Waals surface area contributed by atoms with E-state index in [1.807, 2.05) is 30.3 Å². The van der Waals surface area contributed by atoms with Gasteiger partial charge in [0.25, 0.3) is 0 Å². The van der Waals surface area contributed by atoms with Crippen molar-refractivity contribution in [2.75, 3.05) is 0 Å². The molecule has 0 aliphatic carbocycles. The highest BCUT2D eigenvalue weighted by Crippen LogP contribution is 2.32. The Bertz CT molecular complexity index is 597. The van der Waals surface area contributed by atoms with E-state index in [4.69, 9.17) is 16.3 Å². The summed E-state index contributed by atoms with van der Waals surface area (Å²) in [6, 6.07) is 9.57. The van der Waals surface area contributed by atoms with Crippen LogP contribution in [0, 0.1) is 0 Å². The Labute approximate surface area is 132 Å². The van der Waals surface area contributed by atoms with Crippen molar-refractivity contribution in [3.63, 3.8) is 0 Å². The molecule has 0 amide bonds. The summed E-state index contributed by atoms with van der Waals surface area (Å²) in [6.07, 6.45) is 0. The molecular weight excluding hydrogens is 340 g/mol. The van der Waals surface area contributed by atoms with Crippen LogP contribution in [0.2, 0.25) is 5.15 Å². The molecule has 0 aliphatic rings. The van der Waals surface area contributed by atoms with Crippen LogP contribution in [-0.2, 0) is 12.0 Å². The highest BCUT2D eigenvalue weighted by Gasteiger charge is 2.22. The van der Waals surface area contributed by atoms with E-state index >= 15 is 0 Å². The predicted molar refractivity (Wildman–Crippen MR) is 84.2 cm³/mol. The van der Waals surface area contributed by atoms with Gasteiger partial charge in [-0.05, 0) is 28.1 Å². The fraction of sp³-hybridized carbons (Fsp3) is 0.333. The average molecular weight is 356 g/mol. The van der Waals surface area contributed by atoms with E-state index in [1.165, 1.54) is 0 Å². The number of hydrogen-bond donors (Lipinski definition) is 0. The van der Waals surface area contributed by atoms with Crippen LogP contribution in [0.3, 0.4) is 0 Å². The highest BCUT2D eigenvalue weighted by atomic mass is 79.9. The van der Waals surface area contributed by atoms with Crippen molar-refractivity contribution in [3.8, 4) is 5.75 Å². The van der Waals surface area contributed by atoms with Crippen molar-refractivity contribution in [2.24, 2.45) is 0 Å². The maximum absolute atomic E-state index is 6.15. The van der Waals surface area contributed by atoms with Crippen LogP contribution in [0.25, 0.3) is 0 Å². The number of aromatic nitrogens is 2. The second kappa shape index (κ2) is 6.10. The Morgan fingerprint density at radius 3 is 2.40 bits per heavy atom. The van der Waals surface area contributed by atoms with Crippen molar-refractivity contribution < 1.29 is 4.74 Å². The molecule has 0 spiro atoms. The Morgan fingerprint density at radius 2 is 1.80 bits per heavy atom. The molecule has 1 aromatic carbocycles. The summed E-state index contributed by atoms with van der Waals surface area (Å²) in [7, 11) is 0. The predicted octanol–water partition coefficient (Wildman–Crippen LogP) is 4.77. The van der Waals surface area contributed by atoms with E-state index < -0.39 is 0 Å². The molecule has 0 radical (unpaired) electrons. The number of nitrogens with zero attached hydrogens (tertiary/aromatic N) is 2. The molecule has 20 heavy (non-hydrogen) atoms. The van der Waals surface area contributed by atoms with Crippen LogP contribution in [-0.4, -0.2) is 9.97 Å². The van der Waals surface area contributed by atoms with Gasteiger partial charge in [0, 0.05) is 5.41 Å². The minimum atomic E-state index is -0.118. The van der Waals surface area contributed by atoms with E-state index in [0.29, 0.717) is 17.6 Å². The first-order chi connectivity index (χ1) is 9.38. The Balaban J connectivity index is 2.23. The zero-order valence-electron chi connectivity index (χ0n) is 11.7. The van der Waals surface area contributed by atoms with Gasteiger partial charge in [0.2, 0.25) is 0 Å². The van der Waals surface area contributed by atoms with Gasteiger partial charge in [0.15, 0.2) is 5.82 Å². The Hall–Kier alpha value is -1.13. The summed E-state index contributed by atoms with van der Waals surface area (Å²) in [4.78, 5) is 8.80. The maximum Gasteiger partial charge on any atom is 0.168 e. The summed E-state index contributed by atoms with van der Waals surface area (Å²) in [6.45, 7) is 6.54. The van der Waals surface area contributed by atoms with Crippen LogP contribution in [0.5, 0.6) is 5.75 Å². The smallest absolute Gasteiger partial charge is 0.168 e. The molecule has 5 heteroatoms. The molecule has 0 saturated carbocycles. The van der Waals surface area contributed by atoms with Crippen LogP contribution in [0.1, 0.15) is 32.3 Å². The van der Waals surface area contributed by atoms with Crippen molar-refractivity contribution in [3.05, 3.63) is 51.5 Å². The summed E-state index contributed by atoms with van der Waals surface area (Å²) < 4.78 is 6.40. The zero-order valence-corrected chi connectivity index (χ0v) is 14.0. The lowest BCUT2D eigenvalue weighted by atomic mass is 9.92. The molecule has 0 unspecified atom stereocenters. The van der Waals surface area contributed by atoms with Gasteiger partial charge < -0.3 is 4.74 Å². The lowest BCUT2D eigenvalue weighted by Crippen LogP contribution is -2.17. The molecule has 3 nitrogen and oxygen atoms in total. The third-order valence-corrected chi connectivity index (χ3v) is 3.93. The largest absolute Gasteiger partial charge is 0.486 e. The van der Waals surface area contributed by atoms with Gasteiger partial charge >= 0.3 is 0 Å². The fourth-order valence-corrected chi connectivity index (χ4v) is 2.65. The summed E-state index contributed by atoms with van der Waals surface area (Å²) in [5.74, 6) is 1.36. The Kier molecular flexibility index (Phi) is 4.66. The molecule has 0 N–H and O–H groups in total. The Morgan fingerprint density at radius 1 is 1.15 bits per heavy atom. The molecular formula is C15H16BrClN2O. The van der Waals surface area contributed by atoms with E-state index in [9.17, 15) is 0 Å². The molecule has 0 aliphatic heterocycles. The van der Waals surface area contributed by atoms with Gasteiger partial charge in [0.1, 0.15) is 17.5 Å². The normalized spacial score (nSPS) is 11.4. The quantitative estimate of drug-likeness (QED) is 0.744. The molecule has 0 saturated heterocycles. The minimum Gasteiger partial charge on any atom is -0.486 e. The lowest BCUT2D eigenvalue weighted by molar-refractivity contribution is 0.294. The van der Waals surface area contributed by atoms with Gasteiger partial charge in [-0.3, -0.25) is 0 Å². The van der Waals surface area contributed by atoms with E-state index in [2.05, 4.69) is 46.7 Å². The SMILES string of the molecule is CC(C)(C)c1nc(COc2ccccc2)nc(Cl)c1Br. The van der Waals surface area contributed by atoms with Crippen LogP contribution in [0.15, 0.2) is 34.8 Å². The lowest BCUT2D eigenvalue weighted by Gasteiger charge is -2.20. The van der Waals surface area contributed by atoms with Gasteiger partial charge in [-0.15, -0.1) is 0 Å². The summed E-state index contributed by atoms with van der Waals surface area (Å²) in [5, 5.41) is 0.414. The van der Waals surface area contributed by atoms with E-state index in [0.717, 1.165) is 15.9 Å². The van der Waals surface area contributed by atoms with E-state index in [-0.39, 0.29) is 5.41 Å². The van der Waals surface area contributed by atoms with Crippen LogP contribution in [0.4, 0.5) is 0 Å². The van der Waals surface area contributed by atoms with Gasteiger partial charge in [-0.25, -0.2) is 9.97 Å². The van der Waals surface area contributed by atoms with Crippen LogP contribution < -0.4 is 4.74 Å². The molecule has 1 aromatic heterocycles. The summed E-state index contributed by atoms with van der Waals surface area (Å²) >= 11 is 9.60. The third-order valence-electron chi connectivity index (χ3n) is 2.68. The van der Waals surface area contributed by atoms with Gasteiger partial charge in [-0.2, -0.15) is 0 Å². The van der Waals surface area contributed by atoms with Gasteiger partial charge in [0.05, 0.1) is 10.2 Å². The molecule has 0 atom stereocenters. The van der Waals surface area contributed by atoms with Gasteiger partial charge in [-0.1, -0.05) is 50.6 Å². The number of para-hydroxylation sites is 1. The topological polar surface area (TPSA) is 35.0 Å². The average Bonchev–Trinajstić information content (AvgIpc) is 2.40. The number of rotatable bonds is 3. The standard InChI is InChI=1S/C15H16BrClN2O/c1-15(2,3)13-12(16)14(17)19-11(18-13)9-20-10-7-5-4-6-8-10/h4-8H,9H2,1-3H3. The minimum absolute atomic E-state index is 0.118.